The van der Waals surface area contributed by atoms with E-state index >= 15 is 0 Å². The number of halogens is 1. The summed E-state index contributed by atoms with van der Waals surface area (Å²) in [5.74, 6) is -0.275. The average Bonchev–Trinajstić information content (AvgIpc) is 2.88. The number of rotatable bonds is 2. The van der Waals surface area contributed by atoms with Crippen molar-refractivity contribution in [2.45, 2.75) is 24.8 Å². The first kappa shape index (κ1) is 11.9. The monoisotopic (exact) mass is 259 g/mol. The van der Waals surface area contributed by atoms with E-state index in [1.165, 1.54) is 16.9 Å². The fraction of sp³-hybridized carbons (Fsp3) is 0.286. The second kappa shape index (κ2) is 4.50. The van der Waals surface area contributed by atoms with E-state index in [9.17, 15) is 9.18 Å². The first-order chi connectivity index (χ1) is 9.21. The lowest BCUT2D eigenvalue weighted by Gasteiger charge is -2.42. The fourth-order valence-electron chi connectivity index (χ4n) is 2.49. The summed E-state index contributed by atoms with van der Waals surface area (Å²) in [6.45, 7) is 0. The molecule has 0 radical (unpaired) electrons. The van der Waals surface area contributed by atoms with Gasteiger partial charge in [0.2, 0.25) is 0 Å². The van der Waals surface area contributed by atoms with Crippen molar-refractivity contribution >= 4 is 6.03 Å². The van der Waals surface area contributed by atoms with Crippen LogP contribution in [0.3, 0.4) is 0 Å². The maximum absolute atomic E-state index is 13.9. The Labute approximate surface area is 110 Å². The van der Waals surface area contributed by atoms with Crippen molar-refractivity contribution in [3.63, 3.8) is 0 Å². The van der Waals surface area contributed by atoms with E-state index in [1.807, 2.05) is 0 Å². The van der Waals surface area contributed by atoms with Gasteiger partial charge in [0.1, 0.15) is 5.82 Å². The molecule has 4 nitrogen and oxygen atoms in total. The molecule has 1 aliphatic carbocycles. The molecule has 1 aromatic heterocycles. The third kappa shape index (κ3) is 2.01. The highest BCUT2D eigenvalue weighted by molar-refractivity contribution is 5.76. The summed E-state index contributed by atoms with van der Waals surface area (Å²) in [6, 6.07) is 7.95. The smallest absolute Gasteiger partial charge is 0.327 e. The lowest BCUT2D eigenvalue weighted by molar-refractivity contribution is 0.172. The highest BCUT2D eigenvalue weighted by Crippen LogP contribution is 2.42. The van der Waals surface area contributed by atoms with Crippen LogP contribution in [0.25, 0.3) is 0 Å². The van der Waals surface area contributed by atoms with Crippen LogP contribution in [0.5, 0.6) is 0 Å². The van der Waals surface area contributed by atoms with Gasteiger partial charge in [0.15, 0.2) is 0 Å². The number of carbonyl (C=O) groups excluding carboxylic acids is 1. The van der Waals surface area contributed by atoms with Crippen LogP contribution in [-0.2, 0) is 5.54 Å². The molecule has 3 rings (SSSR count). The van der Waals surface area contributed by atoms with Crippen molar-refractivity contribution in [2.75, 3.05) is 0 Å². The summed E-state index contributed by atoms with van der Waals surface area (Å²) >= 11 is 0. The SMILES string of the molecule is O=C(NC1(c2ccccc2F)CCC1)n1cccn1. The molecule has 2 aromatic rings. The van der Waals surface area contributed by atoms with Gasteiger partial charge in [-0.25, -0.2) is 9.18 Å². The maximum atomic E-state index is 13.9. The fourth-order valence-corrected chi connectivity index (χ4v) is 2.49. The number of nitrogens with one attached hydrogen (secondary N) is 1. The van der Waals surface area contributed by atoms with Crippen LogP contribution in [0, 0.1) is 5.82 Å². The molecule has 0 atom stereocenters. The standard InChI is InChI=1S/C14H14FN3O/c15-12-6-2-1-5-11(12)14(7-3-8-14)17-13(19)18-10-4-9-16-18/h1-2,4-6,9-10H,3,7-8H2,(H,17,19). The number of carbonyl (C=O) groups is 1. The number of hydrogen-bond donors (Lipinski definition) is 1. The van der Waals surface area contributed by atoms with Gasteiger partial charge in [-0.05, 0) is 31.4 Å². The molecular formula is C14H14FN3O. The molecule has 5 heteroatoms. The second-order valence-electron chi connectivity index (χ2n) is 4.80. The first-order valence-electron chi connectivity index (χ1n) is 6.28. The Morgan fingerprint density at radius 1 is 1.32 bits per heavy atom. The Kier molecular flexibility index (Phi) is 2.81. The molecule has 1 aliphatic rings. The van der Waals surface area contributed by atoms with E-state index in [4.69, 9.17) is 0 Å². The summed E-state index contributed by atoms with van der Waals surface area (Å²) in [5, 5.41) is 6.80. The third-order valence-electron chi connectivity index (χ3n) is 3.66. The van der Waals surface area contributed by atoms with Gasteiger partial charge in [0, 0.05) is 18.0 Å². The van der Waals surface area contributed by atoms with Crippen molar-refractivity contribution in [1.82, 2.24) is 15.1 Å². The van der Waals surface area contributed by atoms with Gasteiger partial charge in [-0.1, -0.05) is 18.2 Å². The summed E-state index contributed by atoms with van der Waals surface area (Å²) < 4.78 is 15.1. The summed E-state index contributed by atoms with van der Waals surface area (Å²) in [7, 11) is 0. The minimum absolute atomic E-state index is 0.275. The van der Waals surface area contributed by atoms with E-state index in [0.29, 0.717) is 5.56 Å². The zero-order valence-corrected chi connectivity index (χ0v) is 10.3. The van der Waals surface area contributed by atoms with Crippen LogP contribution < -0.4 is 5.32 Å². The molecule has 19 heavy (non-hydrogen) atoms. The zero-order chi connectivity index (χ0) is 13.3. The molecule has 1 aromatic carbocycles. The molecule has 1 N–H and O–H groups in total. The van der Waals surface area contributed by atoms with Gasteiger partial charge < -0.3 is 5.32 Å². The van der Waals surface area contributed by atoms with E-state index in [0.717, 1.165) is 19.3 Å². The van der Waals surface area contributed by atoms with Gasteiger partial charge >= 0.3 is 6.03 Å². The van der Waals surface area contributed by atoms with Crippen LogP contribution in [0.2, 0.25) is 0 Å². The van der Waals surface area contributed by atoms with Crippen molar-refractivity contribution in [1.29, 1.82) is 0 Å². The molecule has 1 heterocycles. The maximum Gasteiger partial charge on any atom is 0.342 e. The highest BCUT2D eigenvalue weighted by Gasteiger charge is 2.42. The number of benzene rings is 1. The van der Waals surface area contributed by atoms with Crippen molar-refractivity contribution in [3.8, 4) is 0 Å². The predicted molar refractivity (Wildman–Crippen MR) is 68.1 cm³/mol. The minimum atomic E-state index is -0.589. The first-order valence-corrected chi connectivity index (χ1v) is 6.28. The van der Waals surface area contributed by atoms with Gasteiger partial charge in [-0.15, -0.1) is 0 Å². The Bertz CT molecular complexity index is 590. The van der Waals surface area contributed by atoms with Crippen molar-refractivity contribution in [2.24, 2.45) is 0 Å². The summed E-state index contributed by atoms with van der Waals surface area (Å²) in [5.41, 5.74) is -0.0317. The number of aromatic nitrogens is 2. The zero-order valence-electron chi connectivity index (χ0n) is 10.3. The Morgan fingerprint density at radius 3 is 2.68 bits per heavy atom. The van der Waals surface area contributed by atoms with Crippen LogP contribution in [0.1, 0.15) is 24.8 Å². The van der Waals surface area contributed by atoms with Gasteiger partial charge in [0.25, 0.3) is 0 Å². The van der Waals surface area contributed by atoms with Gasteiger partial charge in [-0.2, -0.15) is 9.78 Å². The normalized spacial score (nSPS) is 16.7. The largest absolute Gasteiger partial charge is 0.342 e. The van der Waals surface area contributed by atoms with Crippen LogP contribution in [0.4, 0.5) is 9.18 Å². The lowest BCUT2D eigenvalue weighted by Crippen LogP contribution is -2.52. The molecule has 98 valence electrons. The molecule has 0 spiro atoms. The number of nitrogens with zero attached hydrogens (tertiary/aromatic N) is 2. The van der Waals surface area contributed by atoms with E-state index in [2.05, 4.69) is 10.4 Å². The van der Waals surface area contributed by atoms with Crippen LogP contribution in [-0.4, -0.2) is 15.8 Å². The van der Waals surface area contributed by atoms with Gasteiger partial charge in [-0.3, -0.25) is 0 Å². The van der Waals surface area contributed by atoms with Crippen LogP contribution in [0.15, 0.2) is 42.7 Å². The molecule has 0 bridgehead atoms. The predicted octanol–water partition coefficient (Wildman–Crippen LogP) is 2.66. The lowest BCUT2D eigenvalue weighted by atomic mass is 9.71. The van der Waals surface area contributed by atoms with E-state index in [-0.39, 0.29) is 11.8 Å². The molecule has 1 amide bonds. The van der Waals surface area contributed by atoms with E-state index in [1.54, 1.807) is 30.5 Å². The average molecular weight is 259 g/mol. The topological polar surface area (TPSA) is 46.9 Å². The third-order valence-corrected chi connectivity index (χ3v) is 3.66. The molecule has 1 saturated carbocycles. The highest BCUT2D eigenvalue weighted by atomic mass is 19.1. The quantitative estimate of drug-likeness (QED) is 0.901. The second-order valence-corrected chi connectivity index (χ2v) is 4.80. The van der Waals surface area contributed by atoms with Crippen molar-refractivity contribution in [3.05, 3.63) is 54.1 Å². The molecular weight excluding hydrogens is 245 g/mol. The number of hydrogen-bond acceptors (Lipinski definition) is 2. The molecule has 0 aliphatic heterocycles. The molecule has 1 fully saturated rings. The van der Waals surface area contributed by atoms with E-state index < -0.39 is 5.54 Å². The summed E-state index contributed by atoms with van der Waals surface area (Å²) in [4.78, 5) is 12.1. The minimum Gasteiger partial charge on any atom is -0.327 e. The molecule has 0 saturated heterocycles. The van der Waals surface area contributed by atoms with Crippen LogP contribution >= 0.6 is 0 Å². The summed E-state index contributed by atoms with van der Waals surface area (Å²) in [6.07, 6.45) is 5.59. The Morgan fingerprint density at radius 2 is 2.11 bits per heavy atom. The number of amides is 1. The van der Waals surface area contributed by atoms with Gasteiger partial charge in [0.05, 0.1) is 5.54 Å². The molecule has 0 unspecified atom stereocenters. The van der Waals surface area contributed by atoms with Crippen molar-refractivity contribution < 1.29 is 9.18 Å². The Balaban J connectivity index is 1.88. The Hall–Kier alpha value is -2.17.